The molecule has 0 radical (unpaired) electrons. The average Bonchev–Trinajstić information content (AvgIpc) is 2.40. The molecule has 1 aromatic carbocycles. The number of rotatable bonds is 3. The number of alkyl halides is 1. The van der Waals surface area contributed by atoms with Crippen LogP contribution in [0.2, 0.25) is 0 Å². The number of ether oxygens (including phenoxy) is 1. The van der Waals surface area contributed by atoms with Crippen molar-refractivity contribution < 1.29 is 9.53 Å². The molecule has 0 bridgehead atoms. The SMILES string of the molecule is CC(Cl)C(=O)Nc1ccc(N2CCOCC2)cc1. The molecule has 0 spiro atoms. The van der Waals surface area contributed by atoms with E-state index in [-0.39, 0.29) is 5.91 Å². The summed E-state index contributed by atoms with van der Waals surface area (Å²) in [6.45, 7) is 5.00. The molecule has 2 rings (SSSR count). The summed E-state index contributed by atoms with van der Waals surface area (Å²) in [5, 5.41) is 2.23. The van der Waals surface area contributed by atoms with Crippen LogP contribution in [0.1, 0.15) is 6.92 Å². The van der Waals surface area contributed by atoms with Gasteiger partial charge in [0.2, 0.25) is 5.91 Å². The molecular weight excluding hydrogens is 252 g/mol. The molecular formula is C13H17ClN2O2. The number of amides is 1. The van der Waals surface area contributed by atoms with E-state index in [9.17, 15) is 4.79 Å². The zero-order valence-electron chi connectivity index (χ0n) is 10.4. The van der Waals surface area contributed by atoms with E-state index < -0.39 is 5.38 Å². The van der Waals surface area contributed by atoms with Crippen LogP contribution in [0.5, 0.6) is 0 Å². The molecule has 5 heteroatoms. The molecule has 18 heavy (non-hydrogen) atoms. The zero-order valence-corrected chi connectivity index (χ0v) is 11.1. The van der Waals surface area contributed by atoms with Crippen LogP contribution in [0, 0.1) is 0 Å². The molecule has 1 heterocycles. The first-order valence-corrected chi connectivity index (χ1v) is 6.48. The largest absolute Gasteiger partial charge is 0.378 e. The monoisotopic (exact) mass is 268 g/mol. The topological polar surface area (TPSA) is 41.6 Å². The number of nitrogens with one attached hydrogen (secondary N) is 1. The van der Waals surface area contributed by atoms with Gasteiger partial charge in [0.25, 0.3) is 0 Å². The van der Waals surface area contributed by atoms with Crippen LogP contribution in [0.25, 0.3) is 0 Å². The Morgan fingerprint density at radius 1 is 1.33 bits per heavy atom. The van der Waals surface area contributed by atoms with Crippen molar-refractivity contribution in [1.29, 1.82) is 0 Å². The third-order valence-corrected chi connectivity index (χ3v) is 3.07. The lowest BCUT2D eigenvalue weighted by atomic mass is 10.2. The molecule has 1 aliphatic heterocycles. The van der Waals surface area contributed by atoms with Crippen molar-refractivity contribution in [3.63, 3.8) is 0 Å². The lowest BCUT2D eigenvalue weighted by Gasteiger charge is -2.28. The van der Waals surface area contributed by atoms with Gasteiger partial charge in [-0.25, -0.2) is 0 Å². The van der Waals surface area contributed by atoms with Gasteiger partial charge in [-0.3, -0.25) is 4.79 Å². The second kappa shape index (κ2) is 6.07. The number of benzene rings is 1. The quantitative estimate of drug-likeness (QED) is 0.854. The number of morpholine rings is 1. The molecule has 4 nitrogen and oxygen atoms in total. The van der Waals surface area contributed by atoms with Gasteiger partial charge in [-0.15, -0.1) is 11.6 Å². The summed E-state index contributed by atoms with van der Waals surface area (Å²) in [6.07, 6.45) is 0. The minimum Gasteiger partial charge on any atom is -0.378 e. The maximum absolute atomic E-state index is 11.4. The maximum atomic E-state index is 11.4. The van der Waals surface area contributed by atoms with Crippen molar-refractivity contribution in [3.8, 4) is 0 Å². The number of hydrogen-bond acceptors (Lipinski definition) is 3. The Morgan fingerprint density at radius 3 is 2.50 bits per heavy atom. The Hall–Kier alpha value is -1.26. The highest BCUT2D eigenvalue weighted by molar-refractivity contribution is 6.32. The Balaban J connectivity index is 1.98. The normalized spacial score (nSPS) is 17.3. The van der Waals surface area contributed by atoms with Gasteiger partial charge in [-0.1, -0.05) is 0 Å². The molecule has 1 saturated heterocycles. The summed E-state index contributed by atoms with van der Waals surface area (Å²) < 4.78 is 5.31. The highest BCUT2D eigenvalue weighted by Gasteiger charge is 2.12. The van der Waals surface area contributed by atoms with E-state index in [1.165, 1.54) is 0 Å². The number of nitrogens with zero attached hydrogens (tertiary/aromatic N) is 1. The first-order valence-electron chi connectivity index (χ1n) is 6.04. The molecule has 1 N–H and O–H groups in total. The standard InChI is InChI=1S/C13H17ClN2O2/c1-10(14)13(17)15-11-2-4-12(5-3-11)16-6-8-18-9-7-16/h2-5,10H,6-9H2,1H3,(H,15,17). The number of hydrogen-bond donors (Lipinski definition) is 1. The Labute approximate surface area is 112 Å². The molecule has 1 amide bonds. The van der Waals surface area contributed by atoms with Gasteiger partial charge in [0.15, 0.2) is 0 Å². The van der Waals surface area contributed by atoms with E-state index in [1.807, 2.05) is 24.3 Å². The van der Waals surface area contributed by atoms with Crippen LogP contribution in [0.3, 0.4) is 0 Å². The second-order valence-electron chi connectivity index (χ2n) is 4.25. The predicted octanol–water partition coefficient (Wildman–Crippen LogP) is 2.09. The van der Waals surface area contributed by atoms with Crippen molar-refractivity contribution in [2.75, 3.05) is 36.5 Å². The van der Waals surface area contributed by atoms with Crippen LogP contribution >= 0.6 is 11.6 Å². The molecule has 0 saturated carbocycles. The van der Waals surface area contributed by atoms with E-state index in [0.29, 0.717) is 0 Å². The summed E-state index contributed by atoms with van der Waals surface area (Å²) >= 11 is 5.70. The van der Waals surface area contributed by atoms with Crippen molar-refractivity contribution in [3.05, 3.63) is 24.3 Å². The molecule has 0 aromatic heterocycles. The van der Waals surface area contributed by atoms with Gasteiger partial charge in [0.05, 0.1) is 13.2 Å². The molecule has 98 valence electrons. The van der Waals surface area contributed by atoms with Gasteiger partial charge in [-0.2, -0.15) is 0 Å². The molecule has 1 aliphatic rings. The first-order chi connectivity index (χ1) is 8.66. The van der Waals surface area contributed by atoms with Gasteiger partial charge >= 0.3 is 0 Å². The summed E-state index contributed by atoms with van der Waals surface area (Å²) in [6, 6.07) is 7.78. The van der Waals surface area contributed by atoms with Crippen molar-refractivity contribution >= 4 is 28.9 Å². The van der Waals surface area contributed by atoms with E-state index >= 15 is 0 Å². The highest BCUT2D eigenvalue weighted by atomic mass is 35.5. The molecule has 0 aliphatic carbocycles. The van der Waals surface area contributed by atoms with Crippen LogP contribution in [-0.4, -0.2) is 37.6 Å². The highest BCUT2D eigenvalue weighted by Crippen LogP contribution is 2.19. The lowest BCUT2D eigenvalue weighted by molar-refractivity contribution is -0.115. The number of anilines is 2. The summed E-state index contributed by atoms with van der Waals surface area (Å²) in [5.74, 6) is -0.184. The average molecular weight is 269 g/mol. The third-order valence-electron chi connectivity index (χ3n) is 2.87. The van der Waals surface area contributed by atoms with Gasteiger partial charge < -0.3 is 15.0 Å². The van der Waals surface area contributed by atoms with Crippen molar-refractivity contribution in [1.82, 2.24) is 0 Å². The van der Waals surface area contributed by atoms with E-state index in [1.54, 1.807) is 6.92 Å². The predicted molar refractivity (Wildman–Crippen MR) is 73.4 cm³/mol. The molecule has 1 fully saturated rings. The first kappa shape index (κ1) is 13.2. The van der Waals surface area contributed by atoms with Gasteiger partial charge in [0.1, 0.15) is 5.38 Å². The van der Waals surface area contributed by atoms with Crippen LogP contribution in [-0.2, 0) is 9.53 Å². The number of carbonyl (C=O) groups excluding carboxylic acids is 1. The zero-order chi connectivity index (χ0) is 13.0. The van der Waals surface area contributed by atoms with E-state index in [2.05, 4.69) is 10.2 Å². The van der Waals surface area contributed by atoms with Crippen molar-refractivity contribution in [2.24, 2.45) is 0 Å². The van der Waals surface area contributed by atoms with Crippen LogP contribution < -0.4 is 10.2 Å². The fourth-order valence-corrected chi connectivity index (χ4v) is 1.87. The number of carbonyl (C=O) groups is 1. The Bertz CT molecular complexity index is 400. The minimum atomic E-state index is -0.524. The molecule has 1 unspecified atom stereocenters. The third kappa shape index (κ3) is 3.37. The van der Waals surface area contributed by atoms with E-state index in [0.717, 1.165) is 37.7 Å². The fourth-order valence-electron chi connectivity index (χ4n) is 1.82. The maximum Gasteiger partial charge on any atom is 0.242 e. The summed E-state index contributed by atoms with van der Waals surface area (Å²) in [5.41, 5.74) is 1.92. The summed E-state index contributed by atoms with van der Waals surface area (Å²) in [4.78, 5) is 13.7. The van der Waals surface area contributed by atoms with Gasteiger partial charge in [-0.05, 0) is 31.2 Å². The van der Waals surface area contributed by atoms with Crippen LogP contribution in [0.15, 0.2) is 24.3 Å². The second-order valence-corrected chi connectivity index (χ2v) is 4.91. The van der Waals surface area contributed by atoms with Gasteiger partial charge in [0, 0.05) is 24.5 Å². The Morgan fingerprint density at radius 2 is 1.94 bits per heavy atom. The number of halogens is 1. The fraction of sp³-hybridized carbons (Fsp3) is 0.462. The molecule has 1 aromatic rings. The molecule has 1 atom stereocenters. The Kier molecular flexibility index (Phi) is 4.44. The van der Waals surface area contributed by atoms with Crippen molar-refractivity contribution in [2.45, 2.75) is 12.3 Å². The van der Waals surface area contributed by atoms with E-state index in [4.69, 9.17) is 16.3 Å². The smallest absolute Gasteiger partial charge is 0.242 e. The summed E-state index contributed by atoms with van der Waals surface area (Å²) in [7, 11) is 0. The lowest BCUT2D eigenvalue weighted by Crippen LogP contribution is -2.36. The minimum absolute atomic E-state index is 0.184. The van der Waals surface area contributed by atoms with Crippen LogP contribution in [0.4, 0.5) is 11.4 Å².